The zero-order valence-electron chi connectivity index (χ0n) is 21.1. The maximum atomic E-state index is 10.6. The zero-order chi connectivity index (χ0) is 24.5. The van der Waals surface area contributed by atoms with Crippen LogP contribution in [0.25, 0.3) is 11.6 Å². The highest BCUT2D eigenvalue weighted by Gasteiger charge is 2.33. The third-order valence-corrected chi connectivity index (χ3v) is 8.01. The maximum absolute atomic E-state index is 10.6. The van der Waals surface area contributed by atoms with Gasteiger partial charge in [0.2, 0.25) is 0 Å². The highest BCUT2D eigenvalue weighted by Crippen LogP contribution is 2.48. The minimum atomic E-state index is -0.247. The number of phenolic OH excluding ortho intramolecular Hbond substituents is 1. The van der Waals surface area contributed by atoms with E-state index in [0.29, 0.717) is 12.5 Å². The number of ether oxygens (including phenoxy) is 1. The molecule has 3 aliphatic carbocycles. The van der Waals surface area contributed by atoms with Gasteiger partial charge in [-0.3, -0.25) is 5.32 Å². The van der Waals surface area contributed by atoms with Crippen molar-refractivity contribution in [2.75, 3.05) is 6.61 Å². The van der Waals surface area contributed by atoms with E-state index in [2.05, 4.69) is 60.1 Å². The minimum Gasteiger partial charge on any atom is -0.508 e. The van der Waals surface area contributed by atoms with Crippen LogP contribution in [-0.2, 0) is 11.2 Å². The van der Waals surface area contributed by atoms with Gasteiger partial charge in [-0.2, -0.15) is 0 Å². The molecule has 4 heteroatoms. The summed E-state index contributed by atoms with van der Waals surface area (Å²) >= 11 is 0. The van der Waals surface area contributed by atoms with Gasteiger partial charge < -0.3 is 15.2 Å². The van der Waals surface area contributed by atoms with Crippen LogP contribution in [0.5, 0.6) is 5.75 Å². The molecule has 186 valence electrons. The predicted octanol–water partition coefficient (Wildman–Crippen LogP) is 7.07. The fraction of sp³-hybridized carbons (Fsp3) is 0.375. The van der Waals surface area contributed by atoms with Crippen molar-refractivity contribution in [3.05, 3.63) is 100.0 Å². The molecule has 2 aromatic carbocycles. The molecule has 0 bridgehead atoms. The van der Waals surface area contributed by atoms with Gasteiger partial charge in [-0.05, 0) is 71.2 Å². The smallest absolute Gasteiger partial charge is 0.185 e. The first kappa shape index (κ1) is 23.2. The minimum absolute atomic E-state index is 0.0342. The van der Waals surface area contributed by atoms with E-state index in [1.165, 1.54) is 47.1 Å². The lowest BCUT2D eigenvalue weighted by Gasteiger charge is -2.37. The first-order chi connectivity index (χ1) is 17.7. The van der Waals surface area contributed by atoms with Gasteiger partial charge in [0.1, 0.15) is 11.9 Å². The Morgan fingerprint density at radius 1 is 1.00 bits per heavy atom. The van der Waals surface area contributed by atoms with Crippen molar-refractivity contribution in [1.82, 2.24) is 10.6 Å². The molecule has 36 heavy (non-hydrogen) atoms. The van der Waals surface area contributed by atoms with Gasteiger partial charge in [0.15, 0.2) is 5.88 Å². The second-order valence-corrected chi connectivity index (χ2v) is 10.4. The maximum Gasteiger partial charge on any atom is 0.185 e. The van der Waals surface area contributed by atoms with E-state index in [1.807, 2.05) is 18.2 Å². The Kier molecular flexibility index (Phi) is 6.45. The molecule has 1 heterocycles. The number of phenols is 1. The Morgan fingerprint density at radius 3 is 2.81 bits per heavy atom. The monoisotopic (exact) mass is 480 g/mol. The molecule has 0 spiro atoms. The number of para-hydroxylation sites is 1. The van der Waals surface area contributed by atoms with E-state index in [0.717, 1.165) is 37.1 Å². The van der Waals surface area contributed by atoms with Gasteiger partial charge in [-0.1, -0.05) is 80.8 Å². The Labute approximate surface area is 214 Å². The van der Waals surface area contributed by atoms with E-state index in [9.17, 15) is 5.11 Å². The Balaban J connectivity index is 1.36. The summed E-state index contributed by atoms with van der Waals surface area (Å²) in [7, 11) is 0. The Morgan fingerprint density at radius 2 is 1.92 bits per heavy atom. The molecule has 0 amide bonds. The molecule has 2 aromatic rings. The average Bonchev–Trinajstić information content (AvgIpc) is 2.91. The van der Waals surface area contributed by atoms with Gasteiger partial charge >= 0.3 is 0 Å². The van der Waals surface area contributed by atoms with Crippen molar-refractivity contribution >= 4 is 11.6 Å². The third-order valence-electron chi connectivity index (χ3n) is 8.01. The van der Waals surface area contributed by atoms with Crippen molar-refractivity contribution in [3.8, 4) is 5.75 Å². The van der Waals surface area contributed by atoms with E-state index >= 15 is 0 Å². The predicted molar refractivity (Wildman–Crippen MR) is 146 cm³/mol. The van der Waals surface area contributed by atoms with Crippen LogP contribution in [0, 0.1) is 5.92 Å². The summed E-state index contributed by atoms with van der Waals surface area (Å²) in [5, 5.41) is 17.8. The van der Waals surface area contributed by atoms with E-state index < -0.39 is 0 Å². The lowest BCUT2D eigenvalue weighted by molar-refractivity contribution is 0.159. The van der Waals surface area contributed by atoms with Crippen molar-refractivity contribution in [2.45, 2.75) is 64.1 Å². The first-order valence-electron chi connectivity index (χ1n) is 13.6. The number of aromatic hydroxyl groups is 1. The van der Waals surface area contributed by atoms with Gasteiger partial charge in [0.25, 0.3) is 0 Å². The molecule has 4 nitrogen and oxygen atoms in total. The topological polar surface area (TPSA) is 53.5 Å². The second-order valence-electron chi connectivity index (χ2n) is 10.4. The van der Waals surface area contributed by atoms with Crippen molar-refractivity contribution in [2.24, 2.45) is 5.92 Å². The SMILES string of the molecule is CCCCCCOC1=CC(c2ccc3c4c2C=CC2CC=CC(=C42)CC3)NC(c2ccccc2O)N1. The molecule has 0 saturated heterocycles. The Bertz CT molecular complexity index is 1270. The third kappa shape index (κ3) is 4.28. The normalized spacial score (nSPS) is 23.7. The van der Waals surface area contributed by atoms with Crippen LogP contribution in [0.4, 0.5) is 0 Å². The van der Waals surface area contributed by atoms with Crippen LogP contribution in [0.1, 0.15) is 85.5 Å². The van der Waals surface area contributed by atoms with E-state index in [1.54, 1.807) is 11.6 Å². The summed E-state index contributed by atoms with van der Waals surface area (Å²) < 4.78 is 6.25. The number of hydrogen-bond acceptors (Lipinski definition) is 4. The lowest BCUT2D eigenvalue weighted by Crippen LogP contribution is -2.41. The van der Waals surface area contributed by atoms with Crippen LogP contribution in [0.3, 0.4) is 0 Å². The molecule has 0 aromatic heterocycles. The van der Waals surface area contributed by atoms with Crippen LogP contribution in [0.2, 0.25) is 0 Å². The van der Waals surface area contributed by atoms with Gasteiger partial charge in [0.05, 0.1) is 12.6 Å². The van der Waals surface area contributed by atoms with Crippen LogP contribution in [0.15, 0.2) is 72.2 Å². The first-order valence-corrected chi connectivity index (χ1v) is 13.6. The molecule has 1 aliphatic heterocycles. The molecule has 4 aliphatic rings. The molecule has 6 rings (SSSR count). The molecule has 3 N–H and O–H groups in total. The molecule has 0 radical (unpaired) electrons. The summed E-state index contributed by atoms with van der Waals surface area (Å²) in [6, 6.07) is 12.1. The van der Waals surface area contributed by atoms with Crippen LogP contribution >= 0.6 is 0 Å². The molecule has 0 fully saturated rings. The Hall–Kier alpha value is -3.24. The van der Waals surface area contributed by atoms with E-state index in [-0.39, 0.29) is 18.0 Å². The number of aryl methyl sites for hydroxylation is 1. The molecular weight excluding hydrogens is 444 g/mol. The van der Waals surface area contributed by atoms with Crippen LogP contribution < -0.4 is 10.6 Å². The lowest BCUT2D eigenvalue weighted by atomic mass is 9.70. The summed E-state index contributed by atoms with van der Waals surface area (Å²) in [6.45, 7) is 2.92. The number of hydrogen-bond donors (Lipinski definition) is 3. The highest BCUT2D eigenvalue weighted by atomic mass is 16.5. The fourth-order valence-electron chi connectivity index (χ4n) is 6.17. The molecule has 0 saturated carbocycles. The summed E-state index contributed by atoms with van der Waals surface area (Å²) in [6.07, 6.45) is 19.4. The number of rotatable bonds is 8. The quantitative estimate of drug-likeness (QED) is 0.354. The highest BCUT2D eigenvalue weighted by molar-refractivity contribution is 5.88. The zero-order valence-corrected chi connectivity index (χ0v) is 21.1. The standard InChI is InChI=1S/C32H36N2O2/c1-2-3-4-7-19-36-29-20-27(33-32(34-29)26-11-5-6-12-28(26)35)24-17-15-23-14-13-21-9-8-10-22-16-18-25(24)31(23)30(21)22/h5-6,8-9,11-12,15-18,20,22,27,32-35H,2-4,7,10,13-14,19H2,1H3. The number of nitrogens with one attached hydrogen (secondary N) is 2. The summed E-state index contributed by atoms with van der Waals surface area (Å²) in [5.74, 6) is 1.56. The number of allylic oxidation sites excluding steroid dienone is 5. The fourth-order valence-corrected chi connectivity index (χ4v) is 6.17. The number of benzene rings is 2. The van der Waals surface area contributed by atoms with E-state index in [4.69, 9.17) is 4.74 Å². The van der Waals surface area contributed by atoms with Gasteiger partial charge in [-0.15, -0.1) is 0 Å². The largest absolute Gasteiger partial charge is 0.508 e. The average molecular weight is 481 g/mol. The molecular formula is C32H36N2O2. The summed E-state index contributed by atoms with van der Waals surface area (Å²) in [4.78, 5) is 0. The van der Waals surface area contributed by atoms with Crippen molar-refractivity contribution in [1.29, 1.82) is 0 Å². The number of unbranched alkanes of at least 4 members (excludes halogenated alkanes) is 3. The molecule has 3 unspecified atom stereocenters. The van der Waals surface area contributed by atoms with Crippen molar-refractivity contribution in [3.63, 3.8) is 0 Å². The van der Waals surface area contributed by atoms with Crippen molar-refractivity contribution < 1.29 is 9.84 Å². The second kappa shape index (κ2) is 10.0. The summed E-state index contributed by atoms with van der Waals surface area (Å²) in [5.41, 5.74) is 9.41. The van der Waals surface area contributed by atoms with Gasteiger partial charge in [0, 0.05) is 11.5 Å². The molecule has 3 atom stereocenters. The van der Waals surface area contributed by atoms with Gasteiger partial charge in [-0.25, -0.2) is 0 Å². The van der Waals surface area contributed by atoms with Crippen LogP contribution in [-0.4, -0.2) is 11.7 Å².